The van der Waals surface area contributed by atoms with Crippen molar-refractivity contribution in [3.63, 3.8) is 0 Å². The summed E-state index contributed by atoms with van der Waals surface area (Å²) in [6.45, 7) is 0. The number of aromatic nitrogens is 3. The molecular weight excluding hydrogens is 518 g/mol. The Hall–Kier alpha value is -3.63. The second-order valence-electron chi connectivity index (χ2n) is 6.96. The van der Waals surface area contributed by atoms with E-state index in [4.69, 9.17) is 4.74 Å². The predicted octanol–water partition coefficient (Wildman–Crippen LogP) is 4.65. The van der Waals surface area contributed by atoms with Gasteiger partial charge in [0.2, 0.25) is 0 Å². The molecule has 0 aliphatic rings. The van der Waals surface area contributed by atoms with Crippen LogP contribution in [0, 0.1) is 0 Å². The van der Waals surface area contributed by atoms with Gasteiger partial charge in [-0.3, -0.25) is 9.36 Å². The van der Waals surface area contributed by atoms with Crippen LogP contribution in [-0.2, 0) is 4.79 Å². The molecule has 10 heteroatoms. The van der Waals surface area contributed by atoms with Gasteiger partial charge >= 0.3 is 0 Å². The normalized spacial score (nSPS) is 11.0. The third-order valence-corrected chi connectivity index (χ3v) is 6.18. The fourth-order valence-corrected chi connectivity index (χ4v) is 4.11. The van der Waals surface area contributed by atoms with Gasteiger partial charge in [0.15, 0.2) is 22.5 Å². The van der Waals surface area contributed by atoms with Crippen LogP contribution in [0.2, 0.25) is 0 Å². The van der Waals surface area contributed by atoms with Crippen LogP contribution in [0.4, 0.5) is 0 Å². The Morgan fingerprint density at radius 2 is 1.88 bits per heavy atom. The van der Waals surface area contributed by atoms with Gasteiger partial charge in [-0.1, -0.05) is 64.1 Å². The lowest BCUT2D eigenvalue weighted by Gasteiger charge is -2.10. The molecular formula is C24H20BrN5O3S. The fraction of sp³-hybridized carbons (Fsp3) is 0.0833. The maximum atomic E-state index is 12.4. The molecule has 172 valence electrons. The second kappa shape index (κ2) is 11.0. The quantitative estimate of drug-likeness (QED) is 0.192. The number of nitrogens with one attached hydrogen (secondary N) is 1. The lowest BCUT2D eigenvalue weighted by atomic mass is 10.2. The number of carbonyl (C=O) groups excluding carboxylic acids is 1. The summed E-state index contributed by atoms with van der Waals surface area (Å²) in [7, 11) is 1.46. The molecule has 1 aromatic heterocycles. The van der Waals surface area contributed by atoms with E-state index in [0.29, 0.717) is 22.3 Å². The number of methoxy groups -OCH3 is 1. The van der Waals surface area contributed by atoms with Crippen LogP contribution in [0.15, 0.2) is 87.5 Å². The molecule has 1 amide bonds. The zero-order valence-corrected chi connectivity index (χ0v) is 20.5. The molecule has 0 radical (unpaired) electrons. The minimum Gasteiger partial charge on any atom is -0.504 e. The lowest BCUT2D eigenvalue weighted by molar-refractivity contribution is -0.118. The van der Waals surface area contributed by atoms with Gasteiger partial charge in [-0.15, -0.1) is 10.2 Å². The largest absolute Gasteiger partial charge is 0.504 e. The molecule has 8 nitrogen and oxygen atoms in total. The van der Waals surface area contributed by atoms with E-state index in [9.17, 15) is 9.90 Å². The van der Waals surface area contributed by atoms with Crippen LogP contribution < -0.4 is 10.2 Å². The number of halogens is 1. The zero-order chi connectivity index (χ0) is 23.9. The molecule has 0 saturated carbocycles. The van der Waals surface area contributed by atoms with Crippen molar-refractivity contribution in [1.82, 2.24) is 20.2 Å². The summed E-state index contributed by atoms with van der Waals surface area (Å²) in [6, 6.07) is 22.5. The van der Waals surface area contributed by atoms with Gasteiger partial charge < -0.3 is 9.84 Å². The van der Waals surface area contributed by atoms with Crippen molar-refractivity contribution in [2.45, 2.75) is 5.16 Å². The Bertz CT molecular complexity index is 1310. The van der Waals surface area contributed by atoms with Gasteiger partial charge in [0.1, 0.15) is 0 Å². The smallest absolute Gasteiger partial charge is 0.250 e. The Morgan fingerprint density at radius 3 is 2.62 bits per heavy atom. The Morgan fingerprint density at radius 1 is 1.12 bits per heavy atom. The van der Waals surface area contributed by atoms with Gasteiger partial charge in [-0.2, -0.15) is 5.10 Å². The van der Waals surface area contributed by atoms with Crippen molar-refractivity contribution >= 4 is 39.8 Å². The van der Waals surface area contributed by atoms with Crippen molar-refractivity contribution in [1.29, 1.82) is 0 Å². The molecule has 0 saturated heterocycles. The fourth-order valence-electron chi connectivity index (χ4n) is 3.10. The van der Waals surface area contributed by atoms with Gasteiger partial charge in [0.25, 0.3) is 5.91 Å². The Kier molecular flexibility index (Phi) is 7.61. The number of thioether (sulfide) groups is 1. The van der Waals surface area contributed by atoms with Crippen LogP contribution in [0.3, 0.4) is 0 Å². The van der Waals surface area contributed by atoms with Gasteiger partial charge in [0.05, 0.1) is 19.1 Å². The highest BCUT2D eigenvalue weighted by molar-refractivity contribution is 9.10. The molecule has 34 heavy (non-hydrogen) atoms. The first-order valence-corrected chi connectivity index (χ1v) is 11.9. The number of phenolic OH excluding ortho intramolecular Hbond substituents is 1. The second-order valence-corrected chi connectivity index (χ2v) is 8.82. The van der Waals surface area contributed by atoms with E-state index >= 15 is 0 Å². The van der Waals surface area contributed by atoms with Crippen LogP contribution in [0.5, 0.6) is 11.5 Å². The summed E-state index contributed by atoms with van der Waals surface area (Å²) < 4.78 is 7.95. The molecule has 0 aliphatic carbocycles. The van der Waals surface area contributed by atoms with Gasteiger partial charge in [-0.05, 0) is 36.4 Å². The maximum Gasteiger partial charge on any atom is 0.250 e. The monoisotopic (exact) mass is 537 g/mol. The minimum atomic E-state index is -0.323. The highest BCUT2D eigenvalue weighted by Gasteiger charge is 2.17. The summed E-state index contributed by atoms with van der Waals surface area (Å²) >= 11 is 4.70. The number of ether oxygens (including phenoxy) is 1. The molecule has 0 spiro atoms. The topological polar surface area (TPSA) is 102 Å². The minimum absolute atomic E-state index is 0.0474. The number of hydrogen-bond donors (Lipinski definition) is 2. The highest BCUT2D eigenvalue weighted by atomic mass is 79.9. The van der Waals surface area contributed by atoms with Crippen LogP contribution in [-0.4, -0.2) is 44.9 Å². The molecule has 0 unspecified atom stereocenters. The Balaban J connectivity index is 1.48. The number of hydrogen-bond acceptors (Lipinski definition) is 7. The molecule has 2 N–H and O–H groups in total. The molecule has 1 heterocycles. The number of hydrazone groups is 1. The van der Waals surface area contributed by atoms with Crippen molar-refractivity contribution in [2.75, 3.05) is 12.9 Å². The van der Waals surface area contributed by atoms with E-state index in [-0.39, 0.29) is 17.4 Å². The number of amides is 1. The number of aromatic hydroxyl groups is 1. The summed E-state index contributed by atoms with van der Waals surface area (Å²) in [5, 5.41) is 23.3. The number of nitrogens with zero attached hydrogens (tertiary/aromatic N) is 4. The van der Waals surface area contributed by atoms with Crippen molar-refractivity contribution in [3.8, 4) is 28.6 Å². The van der Waals surface area contributed by atoms with Crippen LogP contribution in [0.1, 0.15) is 5.56 Å². The number of benzene rings is 3. The molecule has 4 aromatic rings. The first-order valence-electron chi connectivity index (χ1n) is 10.1. The maximum absolute atomic E-state index is 12.4. The van der Waals surface area contributed by atoms with Crippen LogP contribution >= 0.6 is 27.7 Å². The first-order chi connectivity index (χ1) is 16.6. The average Bonchev–Trinajstić information content (AvgIpc) is 3.29. The zero-order valence-electron chi connectivity index (χ0n) is 18.1. The molecule has 0 aliphatic heterocycles. The molecule has 0 atom stereocenters. The number of carbonyl (C=O) groups is 1. The SMILES string of the molecule is COc1cccc(C=NNC(=O)CSc2nnc(-c3ccc(Br)cc3)n2-c2ccccc2)c1O. The molecule has 3 aromatic carbocycles. The van der Waals surface area contributed by atoms with E-state index in [1.807, 2.05) is 59.2 Å². The number of rotatable bonds is 8. The van der Waals surface area contributed by atoms with Gasteiger partial charge in [0, 0.05) is 21.3 Å². The molecule has 4 rings (SSSR count). The van der Waals surface area contributed by atoms with Crippen molar-refractivity contribution < 1.29 is 14.6 Å². The van der Waals surface area contributed by atoms with Crippen LogP contribution in [0.25, 0.3) is 17.1 Å². The summed E-state index contributed by atoms with van der Waals surface area (Å²) in [5.41, 5.74) is 4.68. The van der Waals surface area contributed by atoms with E-state index in [0.717, 1.165) is 15.7 Å². The number of phenols is 1. The van der Waals surface area contributed by atoms with E-state index in [2.05, 4.69) is 36.7 Å². The predicted molar refractivity (Wildman–Crippen MR) is 136 cm³/mol. The average molecular weight is 538 g/mol. The van der Waals surface area contributed by atoms with Crippen molar-refractivity contribution in [2.24, 2.45) is 5.10 Å². The standard InChI is InChI=1S/C24H20BrN5O3S/c1-33-20-9-5-6-17(22(20)32)14-26-27-21(31)15-34-24-29-28-23(16-10-12-18(25)13-11-16)30(24)19-7-3-2-4-8-19/h2-14,32H,15H2,1H3,(H,27,31). The summed E-state index contributed by atoms with van der Waals surface area (Å²) in [6.07, 6.45) is 1.36. The third kappa shape index (κ3) is 5.46. The van der Waals surface area contributed by atoms with Gasteiger partial charge in [-0.25, -0.2) is 5.43 Å². The molecule has 0 fully saturated rings. The van der Waals surface area contributed by atoms with Crippen molar-refractivity contribution in [3.05, 3.63) is 82.8 Å². The van der Waals surface area contributed by atoms with E-state index in [1.54, 1.807) is 18.2 Å². The summed E-state index contributed by atoms with van der Waals surface area (Å²) in [5.74, 6) is 0.707. The first kappa shape index (κ1) is 23.5. The summed E-state index contributed by atoms with van der Waals surface area (Å²) in [4.78, 5) is 12.4. The van der Waals surface area contributed by atoms with E-state index < -0.39 is 0 Å². The highest BCUT2D eigenvalue weighted by Crippen LogP contribution is 2.29. The Labute approximate surface area is 208 Å². The van der Waals surface area contributed by atoms with E-state index in [1.165, 1.54) is 25.1 Å². The lowest BCUT2D eigenvalue weighted by Crippen LogP contribution is -2.20. The molecule has 0 bridgehead atoms. The third-order valence-electron chi connectivity index (χ3n) is 4.73. The number of para-hydroxylation sites is 2.